The quantitative estimate of drug-likeness (QED) is 0.251. The van der Waals surface area contributed by atoms with E-state index in [1.165, 1.54) is 0 Å². The highest BCUT2D eigenvalue weighted by molar-refractivity contribution is 6.64. The van der Waals surface area contributed by atoms with Crippen molar-refractivity contribution in [1.82, 2.24) is 19.5 Å². The molecule has 12 heteroatoms. The van der Waals surface area contributed by atoms with Gasteiger partial charge in [0.1, 0.15) is 63.8 Å². The zero-order valence-electron chi connectivity index (χ0n) is 30.1. The van der Waals surface area contributed by atoms with E-state index < -0.39 is 0 Å². The standard InChI is InChI=1S/C45H20B6N4O2/c46-32-29-30-34(48)39(55-27-17-9-7-15-23(27)25-19-20-26-24-16-8-10-18-28(24)56-40(26)38(25)55)36(50)37(51)42(30)57-41(29)35(49)31(33(32)47)45-53-43(21-11-3-1-4-12-21)52-44(54-45)22-13-5-2-6-14-22/h1-20H. The summed E-state index contributed by atoms with van der Waals surface area (Å²) in [6.45, 7) is 0. The lowest BCUT2D eigenvalue weighted by molar-refractivity contribution is 0.671. The maximum atomic E-state index is 7.26. The predicted octanol–water partition coefficient (Wildman–Crippen LogP) is 4.53. The molecule has 11 rings (SSSR count). The van der Waals surface area contributed by atoms with Gasteiger partial charge < -0.3 is 13.4 Å². The number of hydrogen-bond acceptors (Lipinski definition) is 5. The van der Waals surface area contributed by atoms with Crippen molar-refractivity contribution in [3.63, 3.8) is 0 Å². The van der Waals surface area contributed by atoms with E-state index in [0.29, 0.717) is 33.7 Å². The lowest BCUT2D eigenvalue weighted by Gasteiger charge is -2.19. The lowest BCUT2D eigenvalue weighted by atomic mass is 9.68. The number of para-hydroxylation sites is 2. The smallest absolute Gasteiger partial charge is 0.164 e. The number of fused-ring (bicyclic) bond motifs is 10. The number of nitrogens with zero attached hydrogens (tertiary/aromatic N) is 4. The van der Waals surface area contributed by atoms with E-state index in [4.69, 9.17) is 70.9 Å². The first-order chi connectivity index (χ1) is 27.8. The van der Waals surface area contributed by atoms with Crippen LogP contribution in [0.3, 0.4) is 0 Å². The second-order valence-corrected chi connectivity index (χ2v) is 14.0. The third kappa shape index (κ3) is 4.76. The summed E-state index contributed by atoms with van der Waals surface area (Å²) in [5, 5.41) is 4.67. The van der Waals surface area contributed by atoms with Crippen molar-refractivity contribution in [3.8, 4) is 39.9 Å². The van der Waals surface area contributed by atoms with Crippen LogP contribution >= 0.6 is 0 Å². The summed E-state index contributed by atoms with van der Waals surface area (Å²) in [5.41, 5.74) is 6.88. The Bertz CT molecular complexity index is 3430. The topological polar surface area (TPSA) is 69.9 Å². The molecule has 0 aliphatic carbocycles. The molecule has 4 aromatic heterocycles. The van der Waals surface area contributed by atoms with Gasteiger partial charge in [0.05, 0.1) is 11.0 Å². The van der Waals surface area contributed by atoms with E-state index in [0.717, 1.165) is 49.3 Å². The Balaban J connectivity index is 1.21. The fourth-order valence-electron chi connectivity index (χ4n) is 8.23. The van der Waals surface area contributed by atoms with Gasteiger partial charge in [-0.3, -0.25) is 0 Å². The van der Waals surface area contributed by atoms with Gasteiger partial charge in [0.25, 0.3) is 0 Å². The Hall–Kier alpha value is -6.66. The molecule has 0 amide bonds. The van der Waals surface area contributed by atoms with E-state index in [-0.39, 0.29) is 55.3 Å². The summed E-state index contributed by atoms with van der Waals surface area (Å²) in [4.78, 5) is 14.5. The van der Waals surface area contributed by atoms with Gasteiger partial charge >= 0.3 is 0 Å². The molecule has 11 aromatic rings. The predicted molar refractivity (Wildman–Crippen MR) is 237 cm³/mol. The number of aromatic nitrogens is 4. The molecule has 7 aromatic carbocycles. The van der Waals surface area contributed by atoms with E-state index in [9.17, 15) is 0 Å². The molecule has 0 aliphatic heterocycles. The van der Waals surface area contributed by atoms with Crippen LogP contribution in [0.1, 0.15) is 0 Å². The summed E-state index contributed by atoms with van der Waals surface area (Å²) < 4.78 is 15.1. The van der Waals surface area contributed by atoms with Crippen molar-refractivity contribution < 1.29 is 8.83 Å². The fraction of sp³-hybridized carbons (Fsp3) is 0. The van der Waals surface area contributed by atoms with Gasteiger partial charge in [-0.15, -0.1) is 0 Å². The maximum absolute atomic E-state index is 7.26. The fourth-order valence-corrected chi connectivity index (χ4v) is 8.23. The minimum absolute atomic E-state index is 0.143. The molecule has 4 heterocycles. The molecule has 0 aliphatic rings. The van der Waals surface area contributed by atoms with Gasteiger partial charge in [-0.05, 0) is 23.7 Å². The van der Waals surface area contributed by atoms with Gasteiger partial charge in [-0.1, -0.05) is 130 Å². The molecule has 0 spiro atoms. The molecule has 0 atom stereocenters. The van der Waals surface area contributed by atoms with Crippen LogP contribution in [0, 0.1) is 0 Å². The second kappa shape index (κ2) is 12.4. The zero-order chi connectivity index (χ0) is 38.7. The zero-order valence-corrected chi connectivity index (χ0v) is 30.1. The van der Waals surface area contributed by atoms with Crippen LogP contribution in [0.5, 0.6) is 0 Å². The molecular weight excluding hydrogens is 693 g/mol. The maximum Gasteiger partial charge on any atom is 0.164 e. The Morgan fingerprint density at radius 3 is 1.67 bits per heavy atom. The van der Waals surface area contributed by atoms with Crippen LogP contribution < -0.4 is 32.8 Å². The Labute approximate surface area is 333 Å². The van der Waals surface area contributed by atoms with Crippen molar-refractivity contribution in [2.75, 3.05) is 0 Å². The summed E-state index contributed by atoms with van der Waals surface area (Å²) in [6.07, 6.45) is 0. The van der Waals surface area contributed by atoms with Crippen LogP contribution in [0.2, 0.25) is 0 Å². The molecule has 12 radical (unpaired) electrons. The minimum Gasteiger partial charge on any atom is -0.457 e. The third-order valence-electron chi connectivity index (χ3n) is 10.9. The number of hydrogen-bond donors (Lipinski definition) is 0. The molecule has 0 saturated carbocycles. The molecule has 0 unspecified atom stereocenters. The summed E-state index contributed by atoms with van der Waals surface area (Å²) >= 11 is 0. The first kappa shape index (κ1) is 33.7. The Kier molecular flexibility index (Phi) is 7.34. The minimum atomic E-state index is 0.143. The monoisotopic (exact) mass is 714 g/mol. The molecular formula is C45H20B6N4O2. The number of furan rings is 2. The number of rotatable bonds is 4. The van der Waals surface area contributed by atoms with Crippen molar-refractivity contribution >= 4 is 146 Å². The largest absolute Gasteiger partial charge is 0.457 e. The van der Waals surface area contributed by atoms with Crippen molar-refractivity contribution in [2.24, 2.45) is 0 Å². The molecule has 0 fully saturated rings. The molecule has 250 valence electrons. The highest BCUT2D eigenvalue weighted by Gasteiger charge is 2.27. The van der Waals surface area contributed by atoms with Crippen LogP contribution in [0.15, 0.2) is 130 Å². The van der Waals surface area contributed by atoms with Gasteiger partial charge in [0.2, 0.25) is 0 Å². The third-order valence-corrected chi connectivity index (χ3v) is 10.9. The summed E-state index contributed by atoms with van der Waals surface area (Å²) in [5.74, 6) is 1.07. The average Bonchev–Trinajstić information content (AvgIpc) is 3.94. The first-order valence-corrected chi connectivity index (χ1v) is 18.2. The SMILES string of the molecule is [B]c1c(-n2c3ccccc3c3ccc4c5ccccc5oc4c32)c([B])c2c(oc3c([B])c(-c4nc(-c5ccccc5)nc(-c5ccccc5)n4)c([B])c([B])c32)c1[B]. The number of benzene rings is 7. The summed E-state index contributed by atoms with van der Waals surface area (Å²) in [6, 6.07) is 39.3. The Morgan fingerprint density at radius 1 is 0.404 bits per heavy atom. The van der Waals surface area contributed by atoms with Crippen molar-refractivity contribution in [3.05, 3.63) is 121 Å². The first-order valence-electron chi connectivity index (χ1n) is 18.2. The van der Waals surface area contributed by atoms with E-state index in [1.807, 2.05) is 108 Å². The summed E-state index contributed by atoms with van der Waals surface area (Å²) in [7, 11) is 42.1. The lowest BCUT2D eigenvalue weighted by Crippen LogP contribution is -2.37. The molecule has 0 saturated heterocycles. The van der Waals surface area contributed by atoms with Gasteiger partial charge in [-0.2, -0.15) is 0 Å². The van der Waals surface area contributed by atoms with Crippen molar-refractivity contribution in [1.29, 1.82) is 0 Å². The van der Waals surface area contributed by atoms with E-state index in [2.05, 4.69) is 18.2 Å². The second-order valence-electron chi connectivity index (χ2n) is 14.0. The Morgan fingerprint density at radius 2 is 0.965 bits per heavy atom. The van der Waals surface area contributed by atoms with Gasteiger partial charge in [0, 0.05) is 54.7 Å². The molecule has 0 N–H and O–H groups in total. The van der Waals surface area contributed by atoms with E-state index in [1.54, 1.807) is 0 Å². The van der Waals surface area contributed by atoms with Crippen LogP contribution in [-0.2, 0) is 0 Å². The average molecular weight is 714 g/mol. The van der Waals surface area contributed by atoms with Crippen LogP contribution in [0.25, 0.3) is 106 Å². The van der Waals surface area contributed by atoms with E-state index >= 15 is 0 Å². The molecule has 6 nitrogen and oxygen atoms in total. The van der Waals surface area contributed by atoms with Gasteiger partial charge in [-0.25, -0.2) is 15.0 Å². The highest BCUT2D eigenvalue weighted by atomic mass is 16.3. The van der Waals surface area contributed by atoms with Crippen LogP contribution in [0.4, 0.5) is 0 Å². The van der Waals surface area contributed by atoms with Gasteiger partial charge in [0.15, 0.2) is 23.1 Å². The molecule has 0 bridgehead atoms. The highest BCUT2D eigenvalue weighted by Crippen LogP contribution is 2.40. The van der Waals surface area contributed by atoms with Crippen LogP contribution in [-0.4, -0.2) is 66.6 Å². The normalized spacial score (nSPS) is 11.9. The molecule has 57 heavy (non-hydrogen) atoms. The van der Waals surface area contributed by atoms with Crippen molar-refractivity contribution in [2.45, 2.75) is 0 Å².